The number of rotatable bonds is 6. The van der Waals surface area contributed by atoms with Crippen LogP contribution in [0.25, 0.3) is 0 Å². The lowest BCUT2D eigenvalue weighted by molar-refractivity contribution is 0.780. The summed E-state index contributed by atoms with van der Waals surface area (Å²) in [5, 5.41) is 3.13. The number of hydrogen-bond acceptors (Lipinski definition) is 2. The maximum absolute atomic E-state index is 3.79. The van der Waals surface area contributed by atoms with Gasteiger partial charge < -0.3 is 5.32 Å². The molecule has 14 heavy (non-hydrogen) atoms. The van der Waals surface area contributed by atoms with Crippen molar-refractivity contribution in [3.05, 3.63) is 36.2 Å². The molecule has 0 radical (unpaired) electrons. The van der Waals surface area contributed by atoms with Crippen LogP contribution in [-0.2, 0) is 0 Å². The second-order valence-corrected chi connectivity index (χ2v) is 3.38. The molecule has 0 spiro atoms. The van der Waals surface area contributed by atoms with Crippen LogP contribution in [0, 0.1) is 5.92 Å². The van der Waals surface area contributed by atoms with E-state index in [2.05, 4.69) is 43.5 Å². The Morgan fingerprint density at radius 3 is 2.50 bits per heavy atom. The van der Waals surface area contributed by atoms with Gasteiger partial charge in [0.25, 0.3) is 0 Å². The summed E-state index contributed by atoms with van der Waals surface area (Å²) in [7, 11) is 1.91. The number of nitrogens with zero attached hydrogens (tertiary/aromatic N) is 1. The van der Waals surface area contributed by atoms with Crippen LogP contribution in [0.2, 0.25) is 0 Å². The Kier molecular flexibility index (Phi) is 6.46. The molecule has 0 heterocycles. The minimum atomic E-state index is 0.452. The summed E-state index contributed by atoms with van der Waals surface area (Å²) in [5.41, 5.74) is 2.31. The van der Waals surface area contributed by atoms with Crippen LogP contribution in [0.15, 0.2) is 41.2 Å². The molecule has 0 amide bonds. The van der Waals surface area contributed by atoms with E-state index in [0.29, 0.717) is 5.92 Å². The Balaban J connectivity index is 4.75. The Bertz CT molecular complexity index is 247. The standard InChI is InChI=1S/C12H20N2/c1-6-7-12(14-5)8-11(9-13-4)10(2)3/h6,8-10,14H,1,4,7H2,2-3,5H3/b11-9+,12-8+. The number of hydrogen-bond donors (Lipinski definition) is 1. The first-order valence-electron chi connectivity index (χ1n) is 4.80. The van der Waals surface area contributed by atoms with Crippen LogP contribution < -0.4 is 5.32 Å². The Labute approximate surface area is 87.1 Å². The van der Waals surface area contributed by atoms with Gasteiger partial charge in [0.1, 0.15) is 0 Å². The van der Waals surface area contributed by atoms with Gasteiger partial charge in [-0.1, -0.05) is 19.9 Å². The highest BCUT2D eigenvalue weighted by molar-refractivity contribution is 5.31. The fraction of sp³-hybridized carbons (Fsp3) is 0.417. The van der Waals surface area contributed by atoms with Gasteiger partial charge in [0.15, 0.2) is 0 Å². The first-order valence-corrected chi connectivity index (χ1v) is 4.80. The largest absolute Gasteiger partial charge is 0.391 e. The second kappa shape index (κ2) is 7.13. The van der Waals surface area contributed by atoms with Crippen LogP contribution >= 0.6 is 0 Å². The maximum atomic E-state index is 3.79. The number of nitrogens with one attached hydrogen (secondary N) is 1. The summed E-state index contributed by atoms with van der Waals surface area (Å²) >= 11 is 0. The van der Waals surface area contributed by atoms with E-state index < -0.39 is 0 Å². The zero-order chi connectivity index (χ0) is 11.0. The molecule has 0 aromatic rings. The van der Waals surface area contributed by atoms with Crippen LogP contribution in [0.5, 0.6) is 0 Å². The third-order valence-electron chi connectivity index (χ3n) is 1.93. The molecule has 0 unspecified atom stereocenters. The quantitative estimate of drug-likeness (QED) is 0.390. The topological polar surface area (TPSA) is 24.4 Å². The van der Waals surface area contributed by atoms with Gasteiger partial charge >= 0.3 is 0 Å². The lowest BCUT2D eigenvalue weighted by Crippen LogP contribution is -2.06. The zero-order valence-electron chi connectivity index (χ0n) is 9.38. The van der Waals surface area contributed by atoms with E-state index in [9.17, 15) is 0 Å². The smallest absolute Gasteiger partial charge is 0.0295 e. The van der Waals surface area contributed by atoms with E-state index in [0.717, 1.165) is 12.1 Å². The Hall–Kier alpha value is -1.31. The van der Waals surface area contributed by atoms with Crippen LogP contribution in [0.4, 0.5) is 0 Å². The van der Waals surface area contributed by atoms with Gasteiger partial charge in [-0.3, -0.25) is 4.99 Å². The fourth-order valence-corrected chi connectivity index (χ4v) is 1.05. The van der Waals surface area contributed by atoms with Gasteiger partial charge in [-0.15, -0.1) is 6.58 Å². The molecule has 0 aromatic carbocycles. The number of allylic oxidation sites excluding steroid dienone is 3. The van der Waals surface area contributed by atoms with E-state index in [1.54, 1.807) is 6.20 Å². The molecule has 2 nitrogen and oxygen atoms in total. The molecule has 0 aliphatic rings. The van der Waals surface area contributed by atoms with Gasteiger partial charge in [0, 0.05) is 25.4 Å². The van der Waals surface area contributed by atoms with Crippen molar-refractivity contribution in [3.8, 4) is 0 Å². The first-order chi connectivity index (χ1) is 6.65. The molecule has 0 atom stereocenters. The molecule has 0 saturated heterocycles. The van der Waals surface area contributed by atoms with Gasteiger partial charge in [0.2, 0.25) is 0 Å². The van der Waals surface area contributed by atoms with Gasteiger partial charge in [-0.2, -0.15) is 0 Å². The average molecular weight is 192 g/mol. The Morgan fingerprint density at radius 1 is 1.50 bits per heavy atom. The molecule has 0 saturated carbocycles. The van der Waals surface area contributed by atoms with Gasteiger partial charge in [-0.25, -0.2) is 0 Å². The van der Waals surface area contributed by atoms with Crippen molar-refractivity contribution in [2.45, 2.75) is 20.3 Å². The monoisotopic (exact) mass is 192 g/mol. The van der Waals surface area contributed by atoms with Crippen LogP contribution in [0.1, 0.15) is 20.3 Å². The third-order valence-corrected chi connectivity index (χ3v) is 1.93. The van der Waals surface area contributed by atoms with Crippen molar-refractivity contribution in [1.29, 1.82) is 0 Å². The van der Waals surface area contributed by atoms with E-state index in [1.165, 1.54) is 5.57 Å². The van der Waals surface area contributed by atoms with Crippen molar-refractivity contribution >= 4 is 6.72 Å². The molecule has 0 rings (SSSR count). The van der Waals surface area contributed by atoms with Crippen molar-refractivity contribution in [2.24, 2.45) is 10.9 Å². The summed E-state index contributed by atoms with van der Waals surface area (Å²) in [6.07, 6.45) is 6.62. The summed E-state index contributed by atoms with van der Waals surface area (Å²) in [5.74, 6) is 0.452. The molecule has 0 bridgehead atoms. The van der Waals surface area contributed by atoms with Crippen molar-refractivity contribution in [1.82, 2.24) is 5.32 Å². The summed E-state index contributed by atoms with van der Waals surface area (Å²) in [4.78, 5) is 3.79. The third kappa shape index (κ3) is 4.65. The highest BCUT2D eigenvalue weighted by Gasteiger charge is 2.00. The van der Waals surface area contributed by atoms with Crippen LogP contribution in [-0.4, -0.2) is 13.8 Å². The molecule has 78 valence electrons. The normalized spacial score (nSPS) is 12.9. The molecule has 1 N–H and O–H groups in total. The molecule has 0 fully saturated rings. The first kappa shape index (κ1) is 12.7. The molecule has 0 aromatic heterocycles. The lowest BCUT2D eigenvalue weighted by atomic mass is 10.0. The highest BCUT2D eigenvalue weighted by atomic mass is 14.8. The van der Waals surface area contributed by atoms with E-state index in [1.807, 2.05) is 13.1 Å². The van der Waals surface area contributed by atoms with Crippen molar-refractivity contribution < 1.29 is 0 Å². The summed E-state index contributed by atoms with van der Waals surface area (Å²) in [6.45, 7) is 11.4. The summed E-state index contributed by atoms with van der Waals surface area (Å²) in [6, 6.07) is 0. The van der Waals surface area contributed by atoms with Crippen molar-refractivity contribution in [2.75, 3.05) is 7.05 Å². The van der Waals surface area contributed by atoms with Crippen LogP contribution in [0.3, 0.4) is 0 Å². The fourth-order valence-electron chi connectivity index (χ4n) is 1.05. The minimum Gasteiger partial charge on any atom is -0.391 e. The van der Waals surface area contributed by atoms with Crippen molar-refractivity contribution in [3.63, 3.8) is 0 Å². The summed E-state index contributed by atoms with van der Waals surface area (Å²) < 4.78 is 0. The SMILES string of the molecule is C=CC/C(=C\C(=C/N=C)C(C)C)NC. The average Bonchev–Trinajstić information content (AvgIpc) is 2.15. The predicted octanol–water partition coefficient (Wildman–Crippen LogP) is 2.91. The highest BCUT2D eigenvalue weighted by Crippen LogP contribution is 2.14. The van der Waals surface area contributed by atoms with E-state index >= 15 is 0 Å². The second-order valence-electron chi connectivity index (χ2n) is 3.38. The van der Waals surface area contributed by atoms with Gasteiger partial charge in [-0.05, 0) is 24.3 Å². The zero-order valence-corrected chi connectivity index (χ0v) is 9.38. The van der Waals surface area contributed by atoms with Gasteiger partial charge in [0.05, 0.1) is 0 Å². The predicted molar refractivity (Wildman–Crippen MR) is 64.4 cm³/mol. The minimum absolute atomic E-state index is 0.452. The molecule has 2 heteroatoms. The molecular formula is C12H20N2. The number of aliphatic imine (C=N–C) groups is 1. The van der Waals surface area contributed by atoms with E-state index in [-0.39, 0.29) is 0 Å². The molecule has 0 aliphatic carbocycles. The maximum Gasteiger partial charge on any atom is 0.0295 e. The lowest BCUT2D eigenvalue weighted by Gasteiger charge is -2.09. The Morgan fingerprint density at radius 2 is 2.14 bits per heavy atom. The van der Waals surface area contributed by atoms with E-state index in [4.69, 9.17) is 0 Å². The molecular weight excluding hydrogens is 172 g/mol. The molecule has 0 aliphatic heterocycles.